The summed E-state index contributed by atoms with van der Waals surface area (Å²) in [5.74, 6) is 0.908. The minimum atomic E-state index is -0.867. The average molecular weight is 459 g/mol. The highest BCUT2D eigenvalue weighted by Gasteiger charge is 2.13. The molecular formula is C25H24ClFO5. The Hall–Kier alpha value is -3.25. The van der Waals surface area contributed by atoms with Gasteiger partial charge in [-0.05, 0) is 67.4 Å². The van der Waals surface area contributed by atoms with Crippen molar-refractivity contribution in [3.8, 4) is 23.0 Å². The predicted octanol–water partition coefficient (Wildman–Crippen LogP) is 6.44. The Morgan fingerprint density at radius 2 is 1.75 bits per heavy atom. The summed E-state index contributed by atoms with van der Waals surface area (Å²) in [5.41, 5.74) is 1.61. The summed E-state index contributed by atoms with van der Waals surface area (Å²) >= 11 is 6.10. The molecule has 1 atom stereocenters. The molecule has 0 heterocycles. The first-order valence-corrected chi connectivity index (χ1v) is 10.5. The number of aliphatic carboxylic acids is 1. The summed E-state index contributed by atoms with van der Waals surface area (Å²) < 4.78 is 30.8. The molecule has 0 amide bonds. The van der Waals surface area contributed by atoms with Crippen LogP contribution in [0.1, 0.15) is 24.5 Å². The number of hydrogen-bond donors (Lipinski definition) is 1. The second-order valence-corrected chi connectivity index (χ2v) is 7.82. The van der Waals surface area contributed by atoms with Crippen molar-refractivity contribution in [1.29, 1.82) is 0 Å². The van der Waals surface area contributed by atoms with E-state index in [-0.39, 0.29) is 18.3 Å². The van der Waals surface area contributed by atoms with Crippen molar-refractivity contribution in [2.24, 2.45) is 0 Å². The fourth-order valence-electron chi connectivity index (χ4n) is 3.06. The molecule has 5 nitrogen and oxygen atoms in total. The molecule has 3 rings (SSSR count). The lowest BCUT2D eigenvalue weighted by Crippen LogP contribution is -2.16. The van der Waals surface area contributed by atoms with Crippen LogP contribution in [0.2, 0.25) is 5.02 Å². The maximum atomic E-state index is 13.1. The van der Waals surface area contributed by atoms with Gasteiger partial charge < -0.3 is 19.3 Å². The van der Waals surface area contributed by atoms with E-state index >= 15 is 0 Å². The molecule has 0 aliphatic rings. The maximum Gasteiger partial charge on any atom is 0.307 e. The normalized spacial score (nSPS) is 11.6. The van der Waals surface area contributed by atoms with Gasteiger partial charge in [0.2, 0.25) is 0 Å². The summed E-state index contributed by atoms with van der Waals surface area (Å²) in [5, 5.41) is 9.40. The molecule has 7 heteroatoms. The third kappa shape index (κ3) is 6.89. The molecule has 0 fully saturated rings. The topological polar surface area (TPSA) is 65.0 Å². The predicted molar refractivity (Wildman–Crippen MR) is 121 cm³/mol. The van der Waals surface area contributed by atoms with Crippen LogP contribution >= 0.6 is 11.6 Å². The smallest absolute Gasteiger partial charge is 0.307 e. The number of rotatable bonds is 10. The summed E-state index contributed by atoms with van der Waals surface area (Å²) in [6.45, 7) is 4.22. The van der Waals surface area contributed by atoms with Crippen LogP contribution in [0.25, 0.3) is 0 Å². The highest BCUT2D eigenvalue weighted by Crippen LogP contribution is 2.35. The Bertz CT molecular complexity index is 1070. The zero-order valence-electron chi connectivity index (χ0n) is 17.8. The third-order valence-electron chi connectivity index (χ3n) is 4.65. The quantitative estimate of drug-likeness (QED) is 0.378. The Balaban J connectivity index is 1.57. The number of carboxylic acids is 1. The largest absolute Gasteiger partial charge is 0.493 e. The van der Waals surface area contributed by atoms with Crippen LogP contribution in [-0.2, 0) is 11.2 Å². The minimum absolute atomic E-state index is 0.0184. The van der Waals surface area contributed by atoms with E-state index < -0.39 is 5.97 Å². The lowest BCUT2D eigenvalue weighted by atomic mass is 10.1. The Morgan fingerprint density at radius 3 is 2.44 bits per heavy atom. The average Bonchev–Trinajstić information content (AvgIpc) is 2.73. The number of hydrogen-bond acceptors (Lipinski definition) is 4. The number of ether oxygens (including phenoxy) is 3. The number of aryl methyl sites for hydroxylation is 1. The first-order valence-electron chi connectivity index (χ1n) is 10.1. The molecule has 0 radical (unpaired) electrons. The molecule has 0 spiro atoms. The van der Waals surface area contributed by atoms with E-state index in [1.807, 2.05) is 19.9 Å². The van der Waals surface area contributed by atoms with E-state index in [4.69, 9.17) is 30.9 Å². The van der Waals surface area contributed by atoms with Crippen LogP contribution in [0.3, 0.4) is 0 Å². The van der Waals surface area contributed by atoms with Crippen LogP contribution in [0.15, 0.2) is 60.7 Å². The molecule has 32 heavy (non-hydrogen) atoms. The monoisotopic (exact) mass is 458 g/mol. The molecule has 168 valence electrons. The van der Waals surface area contributed by atoms with E-state index in [1.165, 1.54) is 24.3 Å². The second kappa shape index (κ2) is 10.9. The van der Waals surface area contributed by atoms with Crippen LogP contribution in [0.5, 0.6) is 23.0 Å². The summed E-state index contributed by atoms with van der Waals surface area (Å²) in [4.78, 5) is 10.8. The standard InChI is InChI=1S/C25H24ClFO5/c1-16-13-18(14-25(28)29)3-9-22(16)30-12-11-17(2)31-23-10-4-19(26)15-24(23)32-21-7-5-20(27)6-8-21/h3-10,13,15,17H,11-12,14H2,1-2H3,(H,28,29). The first kappa shape index (κ1) is 23.4. The molecule has 3 aromatic rings. The molecule has 0 bridgehead atoms. The van der Waals surface area contributed by atoms with E-state index in [0.29, 0.717) is 41.0 Å². The van der Waals surface area contributed by atoms with Gasteiger partial charge in [0, 0.05) is 17.5 Å². The van der Waals surface area contributed by atoms with Gasteiger partial charge in [0.1, 0.15) is 17.3 Å². The SMILES string of the molecule is Cc1cc(CC(=O)O)ccc1OCCC(C)Oc1ccc(Cl)cc1Oc1ccc(F)cc1. The van der Waals surface area contributed by atoms with Gasteiger partial charge >= 0.3 is 5.97 Å². The Morgan fingerprint density at radius 1 is 1.03 bits per heavy atom. The lowest BCUT2D eigenvalue weighted by molar-refractivity contribution is -0.136. The highest BCUT2D eigenvalue weighted by atomic mass is 35.5. The van der Waals surface area contributed by atoms with Gasteiger partial charge in [0.25, 0.3) is 0 Å². The lowest BCUT2D eigenvalue weighted by Gasteiger charge is -2.18. The second-order valence-electron chi connectivity index (χ2n) is 7.38. The van der Waals surface area contributed by atoms with Crippen LogP contribution in [-0.4, -0.2) is 23.8 Å². The van der Waals surface area contributed by atoms with Gasteiger partial charge in [-0.15, -0.1) is 0 Å². The van der Waals surface area contributed by atoms with Crippen molar-refractivity contribution < 1.29 is 28.5 Å². The number of carbonyl (C=O) groups is 1. The van der Waals surface area contributed by atoms with Gasteiger partial charge in [-0.25, -0.2) is 4.39 Å². The van der Waals surface area contributed by atoms with Gasteiger partial charge in [-0.3, -0.25) is 4.79 Å². The molecule has 1 N–H and O–H groups in total. The van der Waals surface area contributed by atoms with Gasteiger partial charge in [0.15, 0.2) is 11.5 Å². The van der Waals surface area contributed by atoms with Crippen LogP contribution in [0, 0.1) is 12.7 Å². The Labute approximate surface area is 191 Å². The molecule has 1 unspecified atom stereocenters. The molecule has 0 aliphatic heterocycles. The molecule has 0 saturated carbocycles. The first-order chi connectivity index (χ1) is 15.3. The van der Waals surface area contributed by atoms with Gasteiger partial charge in [0.05, 0.1) is 19.1 Å². The zero-order chi connectivity index (χ0) is 23.1. The van der Waals surface area contributed by atoms with Crippen molar-refractivity contribution in [3.05, 3.63) is 82.6 Å². The van der Waals surface area contributed by atoms with Gasteiger partial charge in [-0.2, -0.15) is 0 Å². The van der Waals surface area contributed by atoms with Crippen molar-refractivity contribution in [3.63, 3.8) is 0 Å². The van der Waals surface area contributed by atoms with Crippen molar-refractivity contribution in [2.75, 3.05) is 6.61 Å². The molecule has 0 aliphatic carbocycles. The Kier molecular flexibility index (Phi) is 7.95. The fraction of sp³-hybridized carbons (Fsp3) is 0.240. The molecule has 3 aromatic carbocycles. The highest BCUT2D eigenvalue weighted by molar-refractivity contribution is 6.30. The van der Waals surface area contributed by atoms with Gasteiger partial charge in [-0.1, -0.05) is 23.7 Å². The summed E-state index contributed by atoms with van der Waals surface area (Å²) in [6, 6.07) is 16.1. The number of benzene rings is 3. The number of halogens is 2. The van der Waals surface area contributed by atoms with Crippen molar-refractivity contribution in [1.82, 2.24) is 0 Å². The summed E-state index contributed by atoms with van der Waals surface area (Å²) in [7, 11) is 0. The fourth-order valence-corrected chi connectivity index (χ4v) is 3.22. The zero-order valence-corrected chi connectivity index (χ0v) is 18.6. The van der Waals surface area contributed by atoms with E-state index in [1.54, 1.807) is 30.3 Å². The van der Waals surface area contributed by atoms with E-state index in [0.717, 1.165) is 11.1 Å². The molecule has 0 saturated heterocycles. The molecular weight excluding hydrogens is 435 g/mol. The number of carboxylic acid groups (broad SMARTS) is 1. The van der Waals surface area contributed by atoms with E-state index in [2.05, 4.69) is 0 Å². The van der Waals surface area contributed by atoms with Crippen molar-refractivity contribution in [2.45, 2.75) is 32.8 Å². The summed E-state index contributed by atoms with van der Waals surface area (Å²) in [6.07, 6.45) is 0.406. The van der Waals surface area contributed by atoms with E-state index in [9.17, 15) is 9.18 Å². The third-order valence-corrected chi connectivity index (χ3v) is 4.89. The maximum absolute atomic E-state index is 13.1. The minimum Gasteiger partial charge on any atom is -0.493 e. The van der Waals surface area contributed by atoms with Crippen LogP contribution in [0.4, 0.5) is 4.39 Å². The molecule has 0 aromatic heterocycles. The van der Waals surface area contributed by atoms with Crippen molar-refractivity contribution >= 4 is 17.6 Å². The van der Waals surface area contributed by atoms with Crippen LogP contribution < -0.4 is 14.2 Å².